The van der Waals surface area contributed by atoms with Crippen molar-refractivity contribution in [1.82, 2.24) is 9.80 Å². The van der Waals surface area contributed by atoms with Crippen molar-refractivity contribution in [1.29, 1.82) is 0 Å². The third kappa shape index (κ3) is 4.95. The lowest BCUT2D eigenvalue weighted by molar-refractivity contribution is -0.133. The fraction of sp³-hybridized carbons (Fsp3) is 0.364. The van der Waals surface area contributed by atoms with Crippen LogP contribution in [-0.2, 0) is 16.0 Å². The van der Waals surface area contributed by atoms with E-state index in [-0.39, 0.29) is 23.7 Å². The maximum absolute atomic E-state index is 13.3. The number of amides is 2. The molecular formula is C22H26FN3O2. The molecule has 0 saturated carbocycles. The van der Waals surface area contributed by atoms with Gasteiger partial charge in [-0.1, -0.05) is 30.3 Å². The van der Waals surface area contributed by atoms with Gasteiger partial charge in [0.25, 0.3) is 0 Å². The number of benzene rings is 2. The Morgan fingerprint density at radius 3 is 2.46 bits per heavy atom. The predicted octanol–water partition coefficient (Wildman–Crippen LogP) is 2.85. The minimum absolute atomic E-state index is 0.116. The van der Waals surface area contributed by atoms with E-state index >= 15 is 0 Å². The van der Waals surface area contributed by atoms with Gasteiger partial charge in [-0.05, 0) is 43.2 Å². The molecule has 0 aromatic heterocycles. The quantitative estimate of drug-likeness (QED) is 0.864. The molecule has 28 heavy (non-hydrogen) atoms. The standard InChI is InChI=1S/C22H26FN3O2/c1-16-6-3-4-7-18(16)14-21(27)26-12-10-25(11-13-26)17(2)22(28)24-20-9-5-8-19(23)15-20/h3-9,15,17H,10-14H2,1-2H3,(H,24,28). The molecular weight excluding hydrogens is 357 g/mol. The van der Waals surface area contributed by atoms with Crippen molar-refractivity contribution in [3.63, 3.8) is 0 Å². The fourth-order valence-corrected chi connectivity index (χ4v) is 3.42. The van der Waals surface area contributed by atoms with Crippen LogP contribution in [0.15, 0.2) is 48.5 Å². The van der Waals surface area contributed by atoms with Gasteiger partial charge in [0.05, 0.1) is 12.5 Å². The topological polar surface area (TPSA) is 52.7 Å². The monoisotopic (exact) mass is 383 g/mol. The number of aryl methyl sites for hydroxylation is 1. The summed E-state index contributed by atoms with van der Waals surface area (Å²) in [4.78, 5) is 29.0. The third-order valence-electron chi connectivity index (χ3n) is 5.29. The zero-order valence-corrected chi connectivity index (χ0v) is 16.3. The molecule has 1 N–H and O–H groups in total. The maximum Gasteiger partial charge on any atom is 0.241 e. The molecule has 0 spiro atoms. The number of carbonyl (C=O) groups is 2. The van der Waals surface area contributed by atoms with Crippen LogP contribution in [0.25, 0.3) is 0 Å². The highest BCUT2D eigenvalue weighted by Crippen LogP contribution is 2.14. The summed E-state index contributed by atoms with van der Waals surface area (Å²) in [5, 5.41) is 2.75. The number of halogens is 1. The van der Waals surface area contributed by atoms with Crippen LogP contribution in [0.3, 0.4) is 0 Å². The summed E-state index contributed by atoms with van der Waals surface area (Å²) in [6, 6.07) is 13.4. The van der Waals surface area contributed by atoms with Gasteiger partial charge in [-0.3, -0.25) is 14.5 Å². The Labute approximate surface area is 165 Å². The number of carbonyl (C=O) groups excluding carboxylic acids is 2. The highest BCUT2D eigenvalue weighted by atomic mass is 19.1. The lowest BCUT2D eigenvalue weighted by Crippen LogP contribution is -2.54. The number of hydrogen-bond donors (Lipinski definition) is 1. The molecule has 0 bridgehead atoms. The van der Waals surface area contributed by atoms with Crippen molar-refractivity contribution >= 4 is 17.5 Å². The van der Waals surface area contributed by atoms with Crippen LogP contribution < -0.4 is 5.32 Å². The Bertz CT molecular complexity index is 847. The van der Waals surface area contributed by atoms with Gasteiger partial charge < -0.3 is 10.2 Å². The summed E-state index contributed by atoms with van der Waals surface area (Å²) in [6.45, 7) is 6.32. The Morgan fingerprint density at radius 2 is 1.79 bits per heavy atom. The van der Waals surface area contributed by atoms with Crippen LogP contribution in [0.4, 0.5) is 10.1 Å². The SMILES string of the molecule is Cc1ccccc1CC(=O)N1CCN(C(C)C(=O)Nc2cccc(F)c2)CC1. The summed E-state index contributed by atoms with van der Waals surface area (Å²) in [6.07, 6.45) is 0.405. The Kier molecular flexibility index (Phi) is 6.41. The molecule has 2 aromatic carbocycles. The van der Waals surface area contributed by atoms with E-state index in [2.05, 4.69) is 5.32 Å². The average Bonchev–Trinajstić information content (AvgIpc) is 2.69. The third-order valence-corrected chi connectivity index (χ3v) is 5.29. The van der Waals surface area contributed by atoms with E-state index in [1.165, 1.54) is 12.1 Å². The molecule has 2 aromatic rings. The van der Waals surface area contributed by atoms with Gasteiger partial charge in [-0.25, -0.2) is 4.39 Å². The van der Waals surface area contributed by atoms with Crippen LogP contribution in [0.1, 0.15) is 18.1 Å². The number of nitrogens with zero attached hydrogens (tertiary/aromatic N) is 2. The Morgan fingerprint density at radius 1 is 1.07 bits per heavy atom. The van der Waals surface area contributed by atoms with E-state index < -0.39 is 0 Å². The van der Waals surface area contributed by atoms with Crippen LogP contribution >= 0.6 is 0 Å². The van der Waals surface area contributed by atoms with Crippen LogP contribution in [-0.4, -0.2) is 53.8 Å². The van der Waals surface area contributed by atoms with Gasteiger partial charge in [-0.15, -0.1) is 0 Å². The molecule has 0 aliphatic carbocycles. The smallest absolute Gasteiger partial charge is 0.241 e. The van der Waals surface area contributed by atoms with Gasteiger partial charge in [0.2, 0.25) is 11.8 Å². The second kappa shape index (κ2) is 8.97. The number of piperazine rings is 1. The second-order valence-electron chi connectivity index (χ2n) is 7.20. The summed E-state index contributed by atoms with van der Waals surface area (Å²) < 4.78 is 13.3. The molecule has 1 unspecified atom stereocenters. The zero-order chi connectivity index (χ0) is 20.1. The molecule has 6 heteroatoms. The van der Waals surface area contributed by atoms with Crippen molar-refractivity contribution in [2.45, 2.75) is 26.3 Å². The fourth-order valence-electron chi connectivity index (χ4n) is 3.42. The number of anilines is 1. The molecule has 1 heterocycles. The largest absolute Gasteiger partial charge is 0.340 e. The van der Waals surface area contributed by atoms with Crippen LogP contribution in [0, 0.1) is 12.7 Å². The molecule has 1 fully saturated rings. The summed E-state index contributed by atoms with van der Waals surface area (Å²) >= 11 is 0. The van der Waals surface area contributed by atoms with Gasteiger partial charge in [0, 0.05) is 31.9 Å². The summed E-state index contributed by atoms with van der Waals surface area (Å²) in [5.74, 6) is -0.442. The molecule has 1 aliphatic heterocycles. The highest BCUT2D eigenvalue weighted by Gasteiger charge is 2.27. The van der Waals surface area contributed by atoms with E-state index in [9.17, 15) is 14.0 Å². The van der Waals surface area contributed by atoms with Crippen molar-refractivity contribution in [3.8, 4) is 0 Å². The molecule has 1 atom stereocenters. The van der Waals surface area contributed by atoms with E-state index in [4.69, 9.17) is 0 Å². The zero-order valence-electron chi connectivity index (χ0n) is 16.3. The van der Waals surface area contributed by atoms with Crippen molar-refractivity contribution < 1.29 is 14.0 Å². The maximum atomic E-state index is 13.3. The second-order valence-corrected chi connectivity index (χ2v) is 7.20. The van der Waals surface area contributed by atoms with Crippen molar-refractivity contribution in [2.24, 2.45) is 0 Å². The minimum atomic E-state index is -0.383. The summed E-state index contributed by atoms with van der Waals surface area (Å²) in [7, 11) is 0. The molecule has 148 valence electrons. The molecule has 1 saturated heterocycles. The van der Waals surface area contributed by atoms with Gasteiger partial charge in [0.15, 0.2) is 0 Å². The lowest BCUT2D eigenvalue weighted by Gasteiger charge is -2.37. The number of hydrogen-bond acceptors (Lipinski definition) is 3. The first-order valence-corrected chi connectivity index (χ1v) is 9.57. The van der Waals surface area contributed by atoms with Crippen molar-refractivity contribution in [3.05, 3.63) is 65.5 Å². The van der Waals surface area contributed by atoms with E-state index in [1.807, 2.05) is 47.9 Å². The number of rotatable bonds is 5. The average molecular weight is 383 g/mol. The molecule has 2 amide bonds. The molecule has 5 nitrogen and oxygen atoms in total. The normalized spacial score (nSPS) is 15.9. The van der Waals surface area contributed by atoms with E-state index in [0.29, 0.717) is 38.3 Å². The Balaban J connectivity index is 1.50. The summed E-state index contributed by atoms with van der Waals surface area (Å²) in [5.41, 5.74) is 2.62. The first-order valence-electron chi connectivity index (χ1n) is 9.57. The first kappa shape index (κ1) is 20.0. The van der Waals surface area contributed by atoms with E-state index in [1.54, 1.807) is 12.1 Å². The van der Waals surface area contributed by atoms with Crippen LogP contribution in [0.5, 0.6) is 0 Å². The molecule has 1 aliphatic rings. The first-order chi connectivity index (χ1) is 13.4. The van der Waals surface area contributed by atoms with Gasteiger partial charge in [-0.2, -0.15) is 0 Å². The van der Waals surface area contributed by atoms with Gasteiger partial charge in [0.1, 0.15) is 5.82 Å². The Hall–Kier alpha value is -2.73. The number of nitrogens with one attached hydrogen (secondary N) is 1. The minimum Gasteiger partial charge on any atom is -0.340 e. The predicted molar refractivity (Wildman–Crippen MR) is 108 cm³/mol. The van der Waals surface area contributed by atoms with Crippen molar-refractivity contribution in [2.75, 3.05) is 31.5 Å². The van der Waals surface area contributed by atoms with Gasteiger partial charge >= 0.3 is 0 Å². The molecule has 0 radical (unpaired) electrons. The lowest BCUT2D eigenvalue weighted by atomic mass is 10.1. The highest BCUT2D eigenvalue weighted by molar-refractivity contribution is 5.94. The van der Waals surface area contributed by atoms with E-state index in [0.717, 1.165) is 11.1 Å². The van der Waals surface area contributed by atoms with Crippen LogP contribution in [0.2, 0.25) is 0 Å². The molecule has 3 rings (SSSR count).